The van der Waals surface area contributed by atoms with Crippen LogP contribution >= 0.6 is 27.5 Å². The molecule has 0 aromatic heterocycles. The van der Waals surface area contributed by atoms with Crippen molar-refractivity contribution in [1.29, 1.82) is 0 Å². The number of halogens is 2. The molecule has 0 spiro atoms. The molecule has 1 N–H and O–H groups in total. The first-order chi connectivity index (χ1) is 10.2. The van der Waals surface area contributed by atoms with Crippen LogP contribution in [-0.2, 0) is 0 Å². The number of hydrogen-bond acceptors (Lipinski definition) is 2. The Morgan fingerprint density at radius 1 is 1.24 bits per heavy atom. The molecule has 2 aromatic carbocycles. The van der Waals surface area contributed by atoms with Crippen LogP contribution in [0.2, 0.25) is 5.02 Å². The maximum Gasteiger partial charge on any atom is 0.255 e. The first kappa shape index (κ1) is 14.4. The lowest BCUT2D eigenvalue weighted by Crippen LogP contribution is -2.24. The van der Waals surface area contributed by atoms with E-state index < -0.39 is 0 Å². The second kappa shape index (κ2) is 6.08. The SMILES string of the molecule is O=C1NCCOc2ccc(C(Br)c3ccccc3Cl)cc21. The monoisotopic (exact) mass is 365 g/mol. The van der Waals surface area contributed by atoms with Crippen LogP contribution in [0.15, 0.2) is 42.5 Å². The summed E-state index contributed by atoms with van der Waals surface area (Å²) in [6.45, 7) is 1.01. The van der Waals surface area contributed by atoms with Crippen LogP contribution in [-0.4, -0.2) is 19.1 Å². The van der Waals surface area contributed by atoms with Crippen molar-refractivity contribution in [1.82, 2.24) is 5.32 Å². The Kier molecular flexibility index (Phi) is 4.17. The minimum absolute atomic E-state index is 0.0763. The van der Waals surface area contributed by atoms with Crippen LogP contribution in [0.5, 0.6) is 5.75 Å². The van der Waals surface area contributed by atoms with Crippen LogP contribution < -0.4 is 10.1 Å². The number of carbonyl (C=O) groups is 1. The zero-order valence-electron chi connectivity index (χ0n) is 11.1. The van der Waals surface area contributed by atoms with Crippen molar-refractivity contribution in [3.63, 3.8) is 0 Å². The standard InChI is InChI=1S/C16H13BrClNO2/c17-15(11-3-1-2-4-13(11)18)10-5-6-14-12(9-10)16(20)19-7-8-21-14/h1-6,9,15H,7-8H2,(H,19,20). The van der Waals surface area contributed by atoms with Gasteiger partial charge in [-0.3, -0.25) is 4.79 Å². The molecule has 3 rings (SSSR count). The molecule has 0 aliphatic carbocycles. The predicted octanol–water partition coefficient (Wildman–Crippen LogP) is 3.95. The molecular formula is C16H13BrClNO2. The van der Waals surface area contributed by atoms with Crippen LogP contribution in [0.3, 0.4) is 0 Å². The predicted molar refractivity (Wildman–Crippen MR) is 86.5 cm³/mol. The van der Waals surface area contributed by atoms with Crippen molar-refractivity contribution >= 4 is 33.4 Å². The third kappa shape index (κ3) is 2.92. The maximum atomic E-state index is 12.1. The van der Waals surface area contributed by atoms with E-state index in [9.17, 15) is 4.79 Å². The van der Waals surface area contributed by atoms with Crippen molar-refractivity contribution in [3.05, 3.63) is 64.2 Å². The van der Waals surface area contributed by atoms with E-state index in [2.05, 4.69) is 21.2 Å². The normalized spacial score (nSPS) is 15.4. The van der Waals surface area contributed by atoms with Crippen LogP contribution in [0.25, 0.3) is 0 Å². The molecule has 0 saturated carbocycles. The number of hydrogen-bond donors (Lipinski definition) is 1. The Labute approximate surface area is 136 Å². The topological polar surface area (TPSA) is 38.3 Å². The first-order valence-electron chi connectivity index (χ1n) is 6.60. The van der Waals surface area contributed by atoms with Gasteiger partial charge in [0.05, 0.1) is 16.9 Å². The number of fused-ring (bicyclic) bond motifs is 1. The molecule has 3 nitrogen and oxygen atoms in total. The molecule has 1 unspecified atom stereocenters. The maximum absolute atomic E-state index is 12.1. The number of ether oxygens (including phenoxy) is 1. The minimum Gasteiger partial charge on any atom is -0.491 e. The highest BCUT2D eigenvalue weighted by molar-refractivity contribution is 9.09. The van der Waals surface area contributed by atoms with E-state index in [1.54, 1.807) is 0 Å². The lowest BCUT2D eigenvalue weighted by atomic mass is 10.0. The summed E-state index contributed by atoms with van der Waals surface area (Å²) in [6.07, 6.45) is 0. The van der Waals surface area contributed by atoms with Gasteiger partial charge in [-0.15, -0.1) is 0 Å². The Hall–Kier alpha value is -1.52. The highest BCUT2D eigenvalue weighted by Gasteiger charge is 2.20. The molecule has 0 saturated heterocycles. The molecule has 1 aliphatic rings. The fraction of sp³-hybridized carbons (Fsp3) is 0.188. The Morgan fingerprint density at radius 2 is 2.05 bits per heavy atom. The van der Waals surface area contributed by atoms with Crippen molar-refractivity contribution in [2.45, 2.75) is 4.83 Å². The average molecular weight is 367 g/mol. The Bertz CT molecular complexity index is 690. The van der Waals surface area contributed by atoms with E-state index in [4.69, 9.17) is 16.3 Å². The van der Waals surface area contributed by atoms with E-state index in [1.807, 2.05) is 42.5 Å². The quantitative estimate of drug-likeness (QED) is 0.817. The van der Waals surface area contributed by atoms with E-state index >= 15 is 0 Å². The van der Waals surface area contributed by atoms with Crippen LogP contribution in [0, 0.1) is 0 Å². The molecule has 1 aliphatic heterocycles. The second-order valence-electron chi connectivity index (χ2n) is 4.74. The fourth-order valence-electron chi connectivity index (χ4n) is 2.29. The van der Waals surface area contributed by atoms with Gasteiger partial charge in [0.15, 0.2) is 0 Å². The average Bonchev–Trinajstić information content (AvgIpc) is 2.69. The summed E-state index contributed by atoms with van der Waals surface area (Å²) in [4.78, 5) is 12.0. The number of rotatable bonds is 2. The largest absolute Gasteiger partial charge is 0.491 e. The number of alkyl halides is 1. The molecule has 1 atom stereocenters. The summed E-state index contributed by atoms with van der Waals surface area (Å²) >= 11 is 9.89. The molecule has 21 heavy (non-hydrogen) atoms. The highest BCUT2D eigenvalue weighted by atomic mass is 79.9. The molecule has 1 heterocycles. The van der Waals surface area contributed by atoms with Gasteiger partial charge in [-0.05, 0) is 29.3 Å². The molecule has 108 valence electrons. The van der Waals surface area contributed by atoms with Gasteiger partial charge < -0.3 is 10.1 Å². The second-order valence-corrected chi connectivity index (χ2v) is 6.07. The summed E-state index contributed by atoms with van der Waals surface area (Å²) < 4.78 is 5.56. The number of nitrogens with one attached hydrogen (secondary N) is 1. The molecule has 2 aromatic rings. The third-order valence-corrected chi connectivity index (χ3v) is 4.73. The molecule has 1 amide bonds. The van der Waals surface area contributed by atoms with Gasteiger partial charge in [0.1, 0.15) is 12.4 Å². The third-order valence-electron chi connectivity index (χ3n) is 3.36. The fourth-order valence-corrected chi connectivity index (χ4v) is 3.35. The van der Waals surface area contributed by atoms with Crippen LogP contribution in [0.1, 0.15) is 26.3 Å². The zero-order chi connectivity index (χ0) is 14.8. The summed E-state index contributed by atoms with van der Waals surface area (Å²) in [7, 11) is 0. The number of carbonyl (C=O) groups excluding carboxylic acids is 1. The lowest BCUT2D eigenvalue weighted by molar-refractivity contribution is 0.0957. The van der Waals surface area contributed by atoms with Crippen molar-refractivity contribution in [2.24, 2.45) is 0 Å². The van der Waals surface area contributed by atoms with Gasteiger partial charge in [0.25, 0.3) is 5.91 Å². The zero-order valence-corrected chi connectivity index (χ0v) is 13.4. The summed E-state index contributed by atoms with van der Waals surface area (Å²) in [6, 6.07) is 13.3. The van der Waals surface area contributed by atoms with Crippen molar-refractivity contribution in [2.75, 3.05) is 13.2 Å². The van der Waals surface area contributed by atoms with Gasteiger partial charge in [0, 0.05) is 5.02 Å². The van der Waals surface area contributed by atoms with E-state index in [1.165, 1.54) is 0 Å². The molecule has 0 fully saturated rings. The van der Waals surface area contributed by atoms with Gasteiger partial charge in [-0.25, -0.2) is 0 Å². The van der Waals surface area contributed by atoms with E-state index in [0.717, 1.165) is 11.1 Å². The first-order valence-corrected chi connectivity index (χ1v) is 7.89. The summed E-state index contributed by atoms with van der Waals surface area (Å²) in [5.41, 5.74) is 2.48. The van der Waals surface area contributed by atoms with Gasteiger partial charge in [-0.1, -0.05) is 51.8 Å². The minimum atomic E-state index is -0.108. The van der Waals surface area contributed by atoms with E-state index in [0.29, 0.717) is 29.5 Å². The van der Waals surface area contributed by atoms with Crippen molar-refractivity contribution in [3.8, 4) is 5.75 Å². The lowest BCUT2D eigenvalue weighted by Gasteiger charge is -2.14. The number of amides is 1. The molecule has 0 radical (unpaired) electrons. The summed E-state index contributed by atoms with van der Waals surface area (Å²) in [5, 5.41) is 3.50. The van der Waals surface area contributed by atoms with Gasteiger partial charge in [0.2, 0.25) is 0 Å². The Morgan fingerprint density at radius 3 is 2.86 bits per heavy atom. The highest BCUT2D eigenvalue weighted by Crippen LogP contribution is 2.36. The van der Waals surface area contributed by atoms with Gasteiger partial charge in [-0.2, -0.15) is 0 Å². The summed E-state index contributed by atoms with van der Waals surface area (Å²) in [5.74, 6) is 0.510. The Balaban J connectivity index is 2.00. The van der Waals surface area contributed by atoms with Crippen LogP contribution in [0.4, 0.5) is 0 Å². The molecule has 5 heteroatoms. The number of benzene rings is 2. The van der Waals surface area contributed by atoms with E-state index in [-0.39, 0.29) is 10.7 Å². The van der Waals surface area contributed by atoms with Crippen molar-refractivity contribution < 1.29 is 9.53 Å². The molecule has 0 bridgehead atoms. The molecular weight excluding hydrogens is 354 g/mol. The smallest absolute Gasteiger partial charge is 0.255 e. The van der Waals surface area contributed by atoms with Gasteiger partial charge >= 0.3 is 0 Å².